The molecule has 0 fully saturated rings. The summed E-state index contributed by atoms with van der Waals surface area (Å²) in [6.07, 6.45) is 0. The number of hydrogen-bond donors (Lipinski definition) is 3. The summed E-state index contributed by atoms with van der Waals surface area (Å²) in [5, 5.41) is 17.8. The summed E-state index contributed by atoms with van der Waals surface area (Å²) in [4.78, 5) is 10.8. The number of nitrogens with two attached hydrogens (primary N) is 1. The molecule has 0 aliphatic rings. The standard InChI is InChI=1S/C11H15NO3/c1-6-3-8(11(14)15)4-9(7(6)2)10(12)5-13/h3-4,10,13H,5,12H2,1-2H3,(H,14,15). The van der Waals surface area contributed by atoms with E-state index in [1.54, 1.807) is 6.07 Å². The van der Waals surface area contributed by atoms with Crippen LogP contribution in [-0.2, 0) is 0 Å². The fourth-order valence-corrected chi connectivity index (χ4v) is 1.49. The number of aliphatic hydroxyl groups excluding tert-OH is 1. The predicted octanol–water partition coefficient (Wildman–Crippen LogP) is 0.994. The van der Waals surface area contributed by atoms with E-state index < -0.39 is 12.0 Å². The summed E-state index contributed by atoms with van der Waals surface area (Å²) in [6.45, 7) is 3.50. The molecule has 4 N–H and O–H groups in total. The van der Waals surface area contributed by atoms with E-state index >= 15 is 0 Å². The second kappa shape index (κ2) is 4.42. The average molecular weight is 209 g/mol. The minimum atomic E-state index is -0.982. The van der Waals surface area contributed by atoms with Gasteiger partial charge >= 0.3 is 5.97 Å². The maximum absolute atomic E-state index is 10.8. The number of aliphatic hydroxyl groups is 1. The monoisotopic (exact) mass is 209 g/mol. The highest BCUT2D eigenvalue weighted by Gasteiger charge is 2.13. The summed E-state index contributed by atoms with van der Waals surface area (Å²) >= 11 is 0. The van der Waals surface area contributed by atoms with Gasteiger partial charge in [-0.3, -0.25) is 0 Å². The molecule has 0 heterocycles. The highest BCUT2D eigenvalue weighted by molar-refractivity contribution is 5.88. The number of carboxylic acids is 1. The molecule has 82 valence electrons. The third-order valence-electron chi connectivity index (χ3n) is 2.55. The lowest BCUT2D eigenvalue weighted by molar-refractivity contribution is 0.0696. The Hall–Kier alpha value is -1.39. The Morgan fingerprint density at radius 3 is 2.53 bits per heavy atom. The fourth-order valence-electron chi connectivity index (χ4n) is 1.49. The molecule has 0 amide bonds. The molecule has 0 bridgehead atoms. The van der Waals surface area contributed by atoms with Gasteiger partial charge in [-0.05, 0) is 42.7 Å². The Bertz CT molecular complexity index is 388. The maximum Gasteiger partial charge on any atom is 0.335 e. The van der Waals surface area contributed by atoms with Gasteiger partial charge in [0.1, 0.15) is 0 Å². The molecule has 0 aliphatic carbocycles. The van der Waals surface area contributed by atoms with Crippen LogP contribution >= 0.6 is 0 Å². The van der Waals surface area contributed by atoms with Crippen LogP contribution in [0.1, 0.15) is 33.1 Å². The Morgan fingerprint density at radius 1 is 1.47 bits per heavy atom. The van der Waals surface area contributed by atoms with Crippen molar-refractivity contribution in [3.63, 3.8) is 0 Å². The molecule has 0 aliphatic heterocycles. The highest BCUT2D eigenvalue weighted by atomic mass is 16.4. The van der Waals surface area contributed by atoms with E-state index in [-0.39, 0.29) is 12.2 Å². The van der Waals surface area contributed by atoms with Crippen LogP contribution in [0.4, 0.5) is 0 Å². The van der Waals surface area contributed by atoms with Gasteiger partial charge in [0.05, 0.1) is 18.2 Å². The summed E-state index contributed by atoms with van der Waals surface area (Å²) in [5.74, 6) is -0.982. The van der Waals surface area contributed by atoms with Crippen LogP contribution < -0.4 is 5.73 Å². The van der Waals surface area contributed by atoms with Gasteiger partial charge in [0.15, 0.2) is 0 Å². The molecule has 1 aromatic carbocycles. The van der Waals surface area contributed by atoms with Gasteiger partial charge in [-0.1, -0.05) is 0 Å². The zero-order valence-corrected chi connectivity index (χ0v) is 8.82. The quantitative estimate of drug-likeness (QED) is 0.693. The lowest BCUT2D eigenvalue weighted by atomic mass is 9.95. The number of aromatic carboxylic acids is 1. The Labute approximate surface area is 88.3 Å². The van der Waals surface area contributed by atoms with Gasteiger partial charge in [0, 0.05) is 0 Å². The number of carbonyl (C=O) groups is 1. The Balaban J connectivity index is 3.31. The number of hydrogen-bond acceptors (Lipinski definition) is 3. The SMILES string of the molecule is Cc1cc(C(=O)O)cc(C(N)CO)c1C. The molecule has 4 nitrogen and oxygen atoms in total. The van der Waals surface area contributed by atoms with Crippen molar-refractivity contribution in [1.82, 2.24) is 0 Å². The summed E-state index contributed by atoms with van der Waals surface area (Å²) in [5.41, 5.74) is 8.39. The Kier molecular flexibility index (Phi) is 3.44. The molecule has 1 aromatic rings. The van der Waals surface area contributed by atoms with Crippen molar-refractivity contribution in [1.29, 1.82) is 0 Å². The summed E-state index contributed by atoms with van der Waals surface area (Å²) < 4.78 is 0. The van der Waals surface area contributed by atoms with Crippen LogP contribution in [0.25, 0.3) is 0 Å². The van der Waals surface area contributed by atoms with Crippen molar-refractivity contribution < 1.29 is 15.0 Å². The first-order valence-corrected chi connectivity index (χ1v) is 4.68. The highest BCUT2D eigenvalue weighted by Crippen LogP contribution is 2.21. The zero-order valence-electron chi connectivity index (χ0n) is 8.82. The number of aryl methyl sites for hydroxylation is 1. The third kappa shape index (κ3) is 2.34. The van der Waals surface area contributed by atoms with Crippen molar-refractivity contribution in [3.05, 3.63) is 34.4 Å². The van der Waals surface area contributed by atoms with E-state index in [0.717, 1.165) is 11.1 Å². The molecule has 1 unspecified atom stereocenters. The zero-order chi connectivity index (χ0) is 11.6. The largest absolute Gasteiger partial charge is 0.478 e. The van der Waals surface area contributed by atoms with Crippen molar-refractivity contribution in [2.75, 3.05) is 6.61 Å². The van der Waals surface area contributed by atoms with Gasteiger partial charge in [0.2, 0.25) is 0 Å². The molecule has 0 radical (unpaired) electrons. The topological polar surface area (TPSA) is 83.5 Å². The van der Waals surface area contributed by atoms with Crippen molar-refractivity contribution in [3.8, 4) is 0 Å². The molecule has 0 saturated heterocycles. The van der Waals surface area contributed by atoms with E-state index in [0.29, 0.717) is 5.56 Å². The van der Waals surface area contributed by atoms with E-state index in [2.05, 4.69) is 0 Å². The number of rotatable bonds is 3. The van der Waals surface area contributed by atoms with Crippen molar-refractivity contribution >= 4 is 5.97 Å². The van der Waals surface area contributed by atoms with Crippen LogP contribution in [0.3, 0.4) is 0 Å². The van der Waals surface area contributed by atoms with Crippen LogP contribution in [0.15, 0.2) is 12.1 Å². The van der Waals surface area contributed by atoms with Crippen LogP contribution in [0, 0.1) is 13.8 Å². The normalized spacial score (nSPS) is 12.5. The first kappa shape index (κ1) is 11.7. The molecular formula is C11H15NO3. The second-order valence-electron chi connectivity index (χ2n) is 3.60. The van der Waals surface area contributed by atoms with Crippen molar-refractivity contribution in [2.45, 2.75) is 19.9 Å². The molecule has 1 rings (SSSR count). The molecular weight excluding hydrogens is 194 g/mol. The fraction of sp³-hybridized carbons (Fsp3) is 0.364. The smallest absolute Gasteiger partial charge is 0.335 e. The molecule has 15 heavy (non-hydrogen) atoms. The first-order valence-electron chi connectivity index (χ1n) is 4.68. The van der Waals surface area contributed by atoms with Crippen LogP contribution in [0.2, 0.25) is 0 Å². The lowest BCUT2D eigenvalue weighted by Crippen LogP contribution is -2.17. The molecule has 0 saturated carbocycles. The summed E-state index contributed by atoms with van der Waals surface area (Å²) in [7, 11) is 0. The average Bonchev–Trinajstić information content (AvgIpc) is 2.20. The van der Waals surface area contributed by atoms with E-state index in [9.17, 15) is 4.79 Å². The Morgan fingerprint density at radius 2 is 2.07 bits per heavy atom. The third-order valence-corrected chi connectivity index (χ3v) is 2.55. The molecule has 4 heteroatoms. The second-order valence-corrected chi connectivity index (χ2v) is 3.60. The first-order chi connectivity index (χ1) is 6.97. The van der Waals surface area contributed by atoms with E-state index in [1.807, 2.05) is 13.8 Å². The number of benzene rings is 1. The van der Waals surface area contributed by atoms with Crippen molar-refractivity contribution in [2.24, 2.45) is 5.73 Å². The van der Waals surface area contributed by atoms with Gasteiger partial charge in [-0.25, -0.2) is 4.79 Å². The van der Waals surface area contributed by atoms with Gasteiger partial charge in [0.25, 0.3) is 0 Å². The van der Waals surface area contributed by atoms with Gasteiger partial charge in [-0.15, -0.1) is 0 Å². The summed E-state index contributed by atoms with van der Waals surface area (Å²) in [6, 6.07) is 2.60. The predicted molar refractivity (Wildman–Crippen MR) is 56.9 cm³/mol. The van der Waals surface area contributed by atoms with E-state index in [4.69, 9.17) is 15.9 Å². The maximum atomic E-state index is 10.8. The molecule has 0 spiro atoms. The lowest BCUT2D eigenvalue weighted by Gasteiger charge is -2.15. The molecule has 1 atom stereocenters. The van der Waals surface area contributed by atoms with Crippen LogP contribution in [0.5, 0.6) is 0 Å². The van der Waals surface area contributed by atoms with Gasteiger partial charge < -0.3 is 15.9 Å². The van der Waals surface area contributed by atoms with Gasteiger partial charge in [-0.2, -0.15) is 0 Å². The minimum absolute atomic E-state index is 0.191. The van der Waals surface area contributed by atoms with Crippen LogP contribution in [-0.4, -0.2) is 22.8 Å². The number of carboxylic acid groups (broad SMARTS) is 1. The van der Waals surface area contributed by atoms with E-state index in [1.165, 1.54) is 6.07 Å². The molecule has 0 aromatic heterocycles. The minimum Gasteiger partial charge on any atom is -0.478 e.